The first kappa shape index (κ1) is 17.0. The van der Waals surface area contributed by atoms with Crippen molar-refractivity contribution >= 4 is 38.9 Å². The molecular weight excluding hydrogens is 362 g/mol. The lowest BCUT2D eigenvalue weighted by molar-refractivity contribution is 0.102. The number of amides is 1. The SMILES string of the molecule is Cc1ccnc(NS(=O)(=O)c2ccc(NC(=O)c3cscn3)cc2)n1. The van der Waals surface area contributed by atoms with E-state index in [0.717, 1.165) is 0 Å². The lowest BCUT2D eigenvalue weighted by Gasteiger charge is -2.08. The molecule has 0 unspecified atom stereocenters. The Morgan fingerprint density at radius 3 is 2.52 bits per heavy atom. The fraction of sp³-hybridized carbons (Fsp3) is 0.0667. The highest BCUT2D eigenvalue weighted by molar-refractivity contribution is 7.92. The topological polar surface area (TPSA) is 114 Å². The lowest BCUT2D eigenvalue weighted by atomic mass is 10.3. The van der Waals surface area contributed by atoms with Gasteiger partial charge < -0.3 is 5.32 Å². The maximum absolute atomic E-state index is 12.3. The van der Waals surface area contributed by atoms with Crippen LogP contribution in [0.1, 0.15) is 16.2 Å². The van der Waals surface area contributed by atoms with Crippen LogP contribution in [-0.2, 0) is 10.0 Å². The van der Waals surface area contributed by atoms with E-state index in [0.29, 0.717) is 17.1 Å². The zero-order valence-corrected chi connectivity index (χ0v) is 14.6. The van der Waals surface area contributed by atoms with Gasteiger partial charge in [-0.25, -0.2) is 28.1 Å². The van der Waals surface area contributed by atoms with Gasteiger partial charge in [0, 0.05) is 23.0 Å². The summed E-state index contributed by atoms with van der Waals surface area (Å²) in [7, 11) is -3.82. The molecule has 8 nitrogen and oxygen atoms in total. The summed E-state index contributed by atoms with van der Waals surface area (Å²) in [5.74, 6) is -0.357. The molecule has 0 radical (unpaired) electrons. The van der Waals surface area contributed by atoms with Crippen LogP contribution in [0.5, 0.6) is 0 Å². The van der Waals surface area contributed by atoms with E-state index in [2.05, 4.69) is 25.0 Å². The number of nitrogens with one attached hydrogen (secondary N) is 2. The molecule has 10 heteroatoms. The third kappa shape index (κ3) is 4.17. The Labute approximate surface area is 148 Å². The quantitative estimate of drug-likeness (QED) is 0.707. The van der Waals surface area contributed by atoms with Crippen LogP contribution in [0.25, 0.3) is 0 Å². The van der Waals surface area contributed by atoms with Gasteiger partial charge in [-0.05, 0) is 37.3 Å². The molecule has 0 aliphatic heterocycles. The Bertz CT molecular complexity index is 986. The van der Waals surface area contributed by atoms with E-state index >= 15 is 0 Å². The number of hydrogen-bond acceptors (Lipinski definition) is 7. The third-order valence-corrected chi connectivity index (χ3v) is 5.04. The largest absolute Gasteiger partial charge is 0.321 e. The summed E-state index contributed by atoms with van der Waals surface area (Å²) in [6.07, 6.45) is 1.47. The maximum Gasteiger partial charge on any atom is 0.275 e. The van der Waals surface area contributed by atoms with Gasteiger partial charge in [-0.3, -0.25) is 4.79 Å². The molecule has 2 N–H and O–H groups in total. The lowest BCUT2D eigenvalue weighted by Crippen LogP contribution is -2.16. The summed E-state index contributed by atoms with van der Waals surface area (Å²) >= 11 is 1.31. The Hall–Kier alpha value is -2.85. The zero-order valence-electron chi connectivity index (χ0n) is 13.0. The minimum atomic E-state index is -3.82. The van der Waals surface area contributed by atoms with Crippen molar-refractivity contribution in [2.24, 2.45) is 0 Å². The normalized spacial score (nSPS) is 11.1. The van der Waals surface area contributed by atoms with Crippen molar-refractivity contribution in [3.05, 3.63) is 58.8 Å². The summed E-state index contributed by atoms with van der Waals surface area (Å²) < 4.78 is 27.0. The molecule has 1 amide bonds. The highest BCUT2D eigenvalue weighted by Gasteiger charge is 2.16. The summed E-state index contributed by atoms with van der Waals surface area (Å²) in [4.78, 5) is 23.7. The maximum atomic E-state index is 12.3. The highest BCUT2D eigenvalue weighted by Crippen LogP contribution is 2.17. The van der Waals surface area contributed by atoms with E-state index in [1.54, 1.807) is 23.9 Å². The minimum absolute atomic E-state index is 0.000844. The third-order valence-electron chi connectivity index (χ3n) is 3.11. The number of thiazole rings is 1. The zero-order chi connectivity index (χ0) is 17.9. The van der Waals surface area contributed by atoms with E-state index in [4.69, 9.17) is 0 Å². The van der Waals surface area contributed by atoms with Gasteiger partial charge >= 0.3 is 0 Å². The van der Waals surface area contributed by atoms with Crippen LogP contribution in [0.4, 0.5) is 11.6 Å². The Balaban J connectivity index is 1.73. The fourth-order valence-electron chi connectivity index (χ4n) is 1.91. The van der Waals surface area contributed by atoms with E-state index in [1.165, 1.54) is 41.8 Å². The molecule has 0 saturated carbocycles. The second-order valence-electron chi connectivity index (χ2n) is 4.98. The fourth-order valence-corrected chi connectivity index (χ4v) is 3.40. The van der Waals surface area contributed by atoms with Gasteiger partial charge in [0.15, 0.2) is 0 Å². The first-order valence-electron chi connectivity index (χ1n) is 7.06. The van der Waals surface area contributed by atoms with Crippen LogP contribution < -0.4 is 10.0 Å². The van der Waals surface area contributed by atoms with E-state index in [9.17, 15) is 13.2 Å². The van der Waals surface area contributed by atoms with Gasteiger partial charge in [0.25, 0.3) is 15.9 Å². The van der Waals surface area contributed by atoms with Gasteiger partial charge in [-0.1, -0.05) is 0 Å². The number of nitrogens with zero attached hydrogens (tertiary/aromatic N) is 3. The second kappa shape index (κ2) is 6.95. The standard InChI is InChI=1S/C15H13N5O3S2/c1-10-6-7-16-15(18-10)20-25(22,23)12-4-2-11(3-5-12)19-14(21)13-8-24-9-17-13/h2-9H,1H3,(H,19,21)(H,16,18,20). The first-order valence-corrected chi connectivity index (χ1v) is 9.49. The van der Waals surface area contributed by atoms with Crippen molar-refractivity contribution in [3.8, 4) is 0 Å². The molecule has 0 atom stereocenters. The molecule has 0 aliphatic rings. The van der Waals surface area contributed by atoms with Crippen LogP contribution >= 0.6 is 11.3 Å². The van der Waals surface area contributed by atoms with E-state index < -0.39 is 10.0 Å². The van der Waals surface area contributed by atoms with Crippen molar-refractivity contribution in [2.45, 2.75) is 11.8 Å². The molecule has 0 fully saturated rings. The average molecular weight is 375 g/mol. The van der Waals surface area contributed by atoms with Crippen LogP contribution in [0, 0.1) is 6.92 Å². The number of carbonyl (C=O) groups is 1. The molecule has 25 heavy (non-hydrogen) atoms. The smallest absolute Gasteiger partial charge is 0.275 e. The number of anilines is 2. The van der Waals surface area contributed by atoms with Gasteiger partial charge in [0.05, 0.1) is 10.4 Å². The molecule has 1 aromatic carbocycles. The first-order chi connectivity index (χ1) is 11.9. The van der Waals surface area contributed by atoms with Crippen LogP contribution in [0.3, 0.4) is 0 Å². The molecule has 3 rings (SSSR count). The molecule has 0 aliphatic carbocycles. The predicted molar refractivity (Wildman–Crippen MR) is 94.1 cm³/mol. The number of rotatable bonds is 5. The Morgan fingerprint density at radius 1 is 1.12 bits per heavy atom. The van der Waals surface area contributed by atoms with Crippen molar-refractivity contribution in [1.29, 1.82) is 0 Å². The monoisotopic (exact) mass is 375 g/mol. The molecule has 128 valence electrons. The second-order valence-corrected chi connectivity index (χ2v) is 7.38. The van der Waals surface area contributed by atoms with Crippen LogP contribution in [0.15, 0.2) is 52.3 Å². The number of carbonyl (C=O) groups excluding carboxylic acids is 1. The van der Waals surface area contributed by atoms with Crippen molar-refractivity contribution in [3.63, 3.8) is 0 Å². The molecule has 0 saturated heterocycles. The molecule has 2 heterocycles. The summed E-state index contributed by atoms with van der Waals surface area (Å²) in [6.45, 7) is 1.74. The number of sulfonamides is 1. The van der Waals surface area contributed by atoms with E-state index in [-0.39, 0.29) is 16.8 Å². The van der Waals surface area contributed by atoms with Crippen LogP contribution in [0.2, 0.25) is 0 Å². The molecule has 3 aromatic rings. The summed E-state index contributed by atoms with van der Waals surface area (Å²) in [5, 5.41) is 4.27. The average Bonchev–Trinajstić information content (AvgIpc) is 3.09. The molecular formula is C15H13N5O3S2. The van der Waals surface area contributed by atoms with Crippen molar-refractivity contribution < 1.29 is 13.2 Å². The number of aryl methyl sites for hydroxylation is 1. The van der Waals surface area contributed by atoms with Gasteiger partial charge in [-0.2, -0.15) is 0 Å². The number of benzene rings is 1. The summed E-state index contributed by atoms with van der Waals surface area (Å²) in [5.41, 5.74) is 2.97. The Kier molecular flexibility index (Phi) is 4.72. The predicted octanol–water partition coefficient (Wildman–Crippen LogP) is 2.29. The molecule has 0 bridgehead atoms. The molecule has 0 spiro atoms. The minimum Gasteiger partial charge on any atom is -0.321 e. The van der Waals surface area contributed by atoms with Crippen molar-refractivity contribution in [2.75, 3.05) is 10.0 Å². The van der Waals surface area contributed by atoms with Crippen molar-refractivity contribution in [1.82, 2.24) is 15.0 Å². The number of hydrogen-bond donors (Lipinski definition) is 2. The van der Waals surface area contributed by atoms with Crippen LogP contribution in [-0.4, -0.2) is 29.3 Å². The van der Waals surface area contributed by atoms with Gasteiger partial charge in [0.1, 0.15) is 5.69 Å². The highest BCUT2D eigenvalue weighted by atomic mass is 32.2. The van der Waals surface area contributed by atoms with Gasteiger partial charge in [0.2, 0.25) is 5.95 Å². The summed E-state index contributed by atoms with van der Waals surface area (Å²) in [6, 6.07) is 7.42. The molecule has 2 aromatic heterocycles. The number of aromatic nitrogens is 3. The Morgan fingerprint density at radius 2 is 1.88 bits per heavy atom. The van der Waals surface area contributed by atoms with Gasteiger partial charge in [-0.15, -0.1) is 11.3 Å². The van der Waals surface area contributed by atoms with E-state index in [1.807, 2.05) is 0 Å².